The van der Waals surface area contributed by atoms with E-state index in [4.69, 9.17) is 25.4 Å². The molecule has 9 heteroatoms. The first kappa shape index (κ1) is 20.9. The number of anilines is 2. The predicted octanol–water partition coefficient (Wildman–Crippen LogP) is 2.37. The van der Waals surface area contributed by atoms with Crippen molar-refractivity contribution < 1.29 is 4.74 Å². The van der Waals surface area contributed by atoms with Crippen molar-refractivity contribution in [2.75, 3.05) is 50.0 Å². The first-order valence-corrected chi connectivity index (χ1v) is 12.1. The molecule has 2 aromatic heterocycles. The van der Waals surface area contributed by atoms with Crippen molar-refractivity contribution in [1.82, 2.24) is 24.4 Å². The number of hydrogen-bond acceptors (Lipinski definition) is 8. The van der Waals surface area contributed by atoms with Crippen LogP contribution in [0.25, 0.3) is 11.2 Å². The number of nitrogens with two attached hydrogens (primary N) is 1. The fourth-order valence-electron chi connectivity index (χ4n) is 5.16. The minimum Gasteiger partial charge on any atom is -0.379 e. The second-order valence-corrected chi connectivity index (χ2v) is 9.29. The molecule has 0 bridgehead atoms. The normalized spacial score (nSPS) is 25.8. The van der Waals surface area contributed by atoms with Gasteiger partial charge in [-0.3, -0.25) is 4.90 Å². The van der Waals surface area contributed by atoms with E-state index in [1.807, 2.05) is 6.33 Å². The number of morpholine rings is 1. The van der Waals surface area contributed by atoms with Crippen LogP contribution in [-0.4, -0.2) is 75.9 Å². The molecule has 2 saturated carbocycles. The van der Waals surface area contributed by atoms with Gasteiger partial charge in [0.05, 0.1) is 19.5 Å². The van der Waals surface area contributed by atoms with Crippen molar-refractivity contribution in [3.63, 3.8) is 0 Å². The Hall–Kier alpha value is -1.97. The van der Waals surface area contributed by atoms with Crippen LogP contribution >= 0.6 is 0 Å². The van der Waals surface area contributed by atoms with E-state index in [9.17, 15) is 0 Å². The molecule has 0 atom stereocenters. The van der Waals surface area contributed by atoms with Crippen LogP contribution < -0.4 is 16.4 Å². The summed E-state index contributed by atoms with van der Waals surface area (Å²) in [4.78, 5) is 16.9. The number of imidazole rings is 1. The lowest BCUT2D eigenvalue weighted by molar-refractivity contribution is 0.0398. The van der Waals surface area contributed by atoms with Gasteiger partial charge in [-0.25, -0.2) is 4.98 Å². The zero-order valence-corrected chi connectivity index (χ0v) is 18.4. The van der Waals surface area contributed by atoms with Gasteiger partial charge in [0, 0.05) is 44.3 Å². The van der Waals surface area contributed by atoms with Crippen molar-refractivity contribution in [3.8, 4) is 0 Å². The zero-order valence-electron chi connectivity index (χ0n) is 18.4. The third kappa shape index (κ3) is 4.94. The quantitative estimate of drug-likeness (QED) is 0.617. The molecule has 170 valence electrons. The third-order valence-electron chi connectivity index (χ3n) is 7.07. The largest absolute Gasteiger partial charge is 0.379 e. The van der Waals surface area contributed by atoms with E-state index in [0.29, 0.717) is 24.1 Å². The lowest BCUT2D eigenvalue weighted by atomic mass is 9.92. The highest BCUT2D eigenvalue weighted by Gasteiger charge is 2.24. The Kier molecular flexibility index (Phi) is 6.52. The zero-order chi connectivity index (χ0) is 21.0. The molecule has 3 aliphatic rings. The Labute approximate surface area is 184 Å². The molecular weight excluding hydrogens is 392 g/mol. The van der Waals surface area contributed by atoms with Crippen molar-refractivity contribution in [2.24, 2.45) is 5.73 Å². The van der Waals surface area contributed by atoms with Crippen LogP contribution in [0.1, 0.15) is 57.4 Å². The van der Waals surface area contributed by atoms with E-state index in [-0.39, 0.29) is 0 Å². The Bertz CT molecular complexity index is 851. The van der Waals surface area contributed by atoms with Crippen LogP contribution in [0.4, 0.5) is 11.8 Å². The second-order valence-electron chi connectivity index (χ2n) is 9.29. The molecule has 1 aliphatic heterocycles. The average Bonchev–Trinajstić information content (AvgIpc) is 3.46. The van der Waals surface area contributed by atoms with Crippen LogP contribution in [0.5, 0.6) is 0 Å². The summed E-state index contributed by atoms with van der Waals surface area (Å²) in [5.74, 6) is 1.55. The van der Waals surface area contributed by atoms with Crippen LogP contribution in [-0.2, 0) is 4.74 Å². The fourth-order valence-corrected chi connectivity index (χ4v) is 5.16. The van der Waals surface area contributed by atoms with Crippen molar-refractivity contribution in [1.29, 1.82) is 0 Å². The number of ether oxygens (including phenoxy) is 1. The van der Waals surface area contributed by atoms with Gasteiger partial charge < -0.3 is 25.7 Å². The smallest absolute Gasteiger partial charge is 0.227 e. The molecule has 9 nitrogen and oxygen atoms in total. The van der Waals surface area contributed by atoms with Gasteiger partial charge in [0.25, 0.3) is 0 Å². The van der Waals surface area contributed by atoms with E-state index < -0.39 is 0 Å². The van der Waals surface area contributed by atoms with E-state index in [0.717, 1.165) is 82.1 Å². The topological polar surface area (TPSA) is 106 Å². The van der Waals surface area contributed by atoms with Gasteiger partial charge >= 0.3 is 0 Å². The number of nitrogens with one attached hydrogen (secondary N) is 2. The highest BCUT2D eigenvalue weighted by atomic mass is 16.5. The van der Waals surface area contributed by atoms with Gasteiger partial charge in [-0.1, -0.05) is 12.8 Å². The Morgan fingerprint density at radius 2 is 1.81 bits per heavy atom. The van der Waals surface area contributed by atoms with Crippen molar-refractivity contribution in [3.05, 3.63) is 6.33 Å². The van der Waals surface area contributed by atoms with Crippen molar-refractivity contribution >= 4 is 22.9 Å². The SMILES string of the molecule is N[C@H]1CC[C@H](Nc2nc(NCCN3CCOCC3)c3ncn(C4CCCC4)c3n2)CC1. The highest BCUT2D eigenvalue weighted by molar-refractivity contribution is 5.84. The summed E-state index contributed by atoms with van der Waals surface area (Å²) < 4.78 is 7.73. The van der Waals surface area contributed by atoms with Gasteiger partial charge in [-0.05, 0) is 38.5 Å². The van der Waals surface area contributed by atoms with E-state index in [2.05, 4.69) is 20.1 Å². The molecule has 31 heavy (non-hydrogen) atoms. The summed E-state index contributed by atoms with van der Waals surface area (Å²) in [6.45, 7) is 5.44. The lowest BCUT2D eigenvalue weighted by Crippen LogP contribution is -2.39. The van der Waals surface area contributed by atoms with E-state index >= 15 is 0 Å². The monoisotopic (exact) mass is 428 g/mol. The van der Waals surface area contributed by atoms with Crippen LogP contribution in [0.2, 0.25) is 0 Å². The van der Waals surface area contributed by atoms with Crippen LogP contribution in [0, 0.1) is 0 Å². The van der Waals surface area contributed by atoms with Gasteiger partial charge in [0.1, 0.15) is 0 Å². The second kappa shape index (κ2) is 9.67. The van der Waals surface area contributed by atoms with Gasteiger partial charge in [-0.2, -0.15) is 9.97 Å². The summed E-state index contributed by atoms with van der Waals surface area (Å²) in [5, 5.41) is 7.15. The molecule has 2 aromatic rings. The van der Waals surface area contributed by atoms with E-state index in [1.165, 1.54) is 25.7 Å². The number of aromatic nitrogens is 4. The number of fused-ring (bicyclic) bond motifs is 1. The molecule has 0 radical (unpaired) electrons. The molecule has 3 fully saturated rings. The maximum Gasteiger partial charge on any atom is 0.227 e. The first-order chi connectivity index (χ1) is 15.3. The van der Waals surface area contributed by atoms with Crippen molar-refractivity contribution in [2.45, 2.75) is 69.5 Å². The molecule has 0 aromatic carbocycles. The standard InChI is InChI=1S/C22H36N8O/c23-16-5-7-17(8-6-16)26-22-27-20(24-9-10-29-11-13-31-14-12-29)19-21(28-22)30(15-25-19)18-3-1-2-4-18/h15-18H,1-14,23H2,(H2,24,26,27,28)/t16-,17-. The minimum absolute atomic E-state index is 0.336. The van der Waals surface area contributed by atoms with Gasteiger partial charge in [0.15, 0.2) is 17.0 Å². The lowest BCUT2D eigenvalue weighted by Gasteiger charge is -2.27. The molecule has 5 rings (SSSR count). The van der Waals surface area contributed by atoms with Crippen LogP contribution in [0.15, 0.2) is 6.33 Å². The number of nitrogens with zero attached hydrogens (tertiary/aromatic N) is 5. The third-order valence-corrected chi connectivity index (χ3v) is 7.07. The summed E-state index contributed by atoms with van der Waals surface area (Å²) in [5.41, 5.74) is 7.92. The average molecular weight is 429 g/mol. The maximum atomic E-state index is 6.09. The number of hydrogen-bond donors (Lipinski definition) is 3. The first-order valence-electron chi connectivity index (χ1n) is 12.1. The molecule has 4 N–H and O–H groups in total. The molecule has 0 amide bonds. The summed E-state index contributed by atoms with van der Waals surface area (Å²) in [6.07, 6.45) is 11.2. The Balaban J connectivity index is 1.35. The Morgan fingerprint density at radius 1 is 1.03 bits per heavy atom. The summed E-state index contributed by atoms with van der Waals surface area (Å²) in [7, 11) is 0. The highest BCUT2D eigenvalue weighted by Crippen LogP contribution is 2.33. The molecule has 0 spiro atoms. The summed E-state index contributed by atoms with van der Waals surface area (Å²) >= 11 is 0. The molecule has 0 unspecified atom stereocenters. The van der Waals surface area contributed by atoms with Crippen LogP contribution in [0.3, 0.4) is 0 Å². The van der Waals surface area contributed by atoms with E-state index in [1.54, 1.807) is 0 Å². The predicted molar refractivity (Wildman–Crippen MR) is 122 cm³/mol. The molecule has 3 heterocycles. The molecule has 1 saturated heterocycles. The Morgan fingerprint density at radius 3 is 2.58 bits per heavy atom. The minimum atomic E-state index is 0.336. The summed E-state index contributed by atoms with van der Waals surface area (Å²) in [6, 6.07) is 1.23. The number of rotatable bonds is 7. The fraction of sp³-hybridized carbons (Fsp3) is 0.773. The maximum absolute atomic E-state index is 6.09. The van der Waals surface area contributed by atoms with Gasteiger partial charge in [-0.15, -0.1) is 0 Å². The van der Waals surface area contributed by atoms with Gasteiger partial charge in [0.2, 0.25) is 5.95 Å². The molecular formula is C22H36N8O. The molecule has 2 aliphatic carbocycles.